The number of aromatic nitrogens is 5. The van der Waals surface area contributed by atoms with Gasteiger partial charge in [0, 0.05) is 18.9 Å². The van der Waals surface area contributed by atoms with Crippen LogP contribution < -0.4 is 5.32 Å². The van der Waals surface area contributed by atoms with E-state index in [4.69, 9.17) is 11.6 Å². The summed E-state index contributed by atoms with van der Waals surface area (Å²) in [6.45, 7) is 0.888. The van der Waals surface area contributed by atoms with E-state index < -0.39 is 0 Å². The molecule has 0 aliphatic heterocycles. The maximum absolute atomic E-state index is 5.92. The van der Waals surface area contributed by atoms with E-state index in [1.54, 1.807) is 17.1 Å². The smallest absolute Gasteiger partial charge is 0.256 e. The molecule has 7 heteroatoms. The van der Waals surface area contributed by atoms with Crippen LogP contribution in [0, 0.1) is 5.92 Å². The molecular formula is C12H15ClN6. The van der Waals surface area contributed by atoms with Gasteiger partial charge < -0.3 is 5.32 Å². The molecule has 0 radical (unpaired) electrons. The number of hydrogen-bond donors (Lipinski definition) is 1. The van der Waals surface area contributed by atoms with Crippen molar-refractivity contribution in [3.05, 3.63) is 23.7 Å². The second-order valence-corrected chi connectivity index (χ2v) is 5.05. The molecule has 0 aromatic carbocycles. The lowest BCUT2D eigenvalue weighted by Crippen LogP contribution is -2.15. The normalized spacial score (nSPS) is 15.8. The van der Waals surface area contributed by atoms with E-state index in [9.17, 15) is 0 Å². The van der Waals surface area contributed by atoms with Crippen LogP contribution in [-0.2, 0) is 0 Å². The zero-order valence-electron chi connectivity index (χ0n) is 10.5. The molecule has 2 aromatic heterocycles. The Morgan fingerprint density at radius 2 is 2.11 bits per heavy atom. The molecule has 100 valence electrons. The van der Waals surface area contributed by atoms with Crippen molar-refractivity contribution >= 4 is 17.5 Å². The first kappa shape index (κ1) is 12.3. The molecular weight excluding hydrogens is 264 g/mol. The molecule has 0 bridgehead atoms. The Bertz CT molecular complexity index is 535. The number of nitrogens with zero attached hydrogens (tertiary/aromatic N) is 5. The summed E-state index contributed by atoms with van der Waals surface area (Å²) in [6.07, 6.45) is 8.64. The molecule has 6 nitrogen and oxygen atoms in total. The lowest BCUT2D eigenvalue weighted by molar-refractivity contribution is 0.577. The second-order valence-electron chi connectivity index (χ2n) is 4.71. The van der Waals surface area contributed by atoms with Crippen LogP contribution in [0.25, 0.3) is 5.95 Å². The molecule has 2 heterocycles. The van der Waals surface area contributed by atoms with Gasteiger partial charge in [-0.1, -0.05) is 12.8 Å². The highest BCUT2D eigenvalue weighted by molar-refractivity contribution is 6.28. The average Bonchev–Trinajstić information content (AvgIpc) is 3.09. The maximum Gasteiger partial charge on any atom is 0.256 e. The lowest BCUT2D eigenvalue weighted by atomic mass is 10.1. The van der Waals surface area contributed by atoms with Crippen LogP contribution in [0.2, 0.25) is 5.28 Å². The van der Waals surface area contributed by atoms with Crippen molar-refractivity contribution in [3.8, 4) is 5.95 Å². The van der Waals surface area contributed by atoms with Gasteiger partial charge in [0.15, 0.2) is 0 Å². The van der Waals surface area contributed by atoms with Crippen molar-refractivity contribution in [2.75, 3.05) is 11.9 Å². The molecule has 0 atom stereocenters. The molecule has 1 fully saturated rings. The van der Waals surface area contributed by atoms with Crippen LogP contribution in [0.4, 0.5) is 5.95 Å². The zero-order valence-corrected chi connectivity index (χ0v) is 11.2. The maximum atomic E-state index is 5.92. The van der Waals surface area contributed by atoms with Crippen LogP contribution in [0.1, 0.15) is 25.7 Å². The van der Waals surface area contributed by atoms with E-state index in [0.717, 1.165) is 6.54 Å². The summed E-state index contributed by atoms with van der Waals surface area (Å²) in [7, 11) is 0. The third kappa shape index (κ3) is 3.01. The lowest BCUT2D eigenvalue weighted by Gasteiger charge is -2.11. The standard InChI is InChI=1S/C12H15ClN6/c13-10-16-11(14-8-9-4-1-2-5-9)18-12(17-10)19-7-3-6-15-19/h3,6-7,9H,1-2,4-5,8H2,(H,14,16,17,18). The first-order valence-corrected chi connectivity index (χ1v) is 6.84. The van der Waals surface area contributed by atoms with Gasteiger partial charge in [-0.15, -0.1) is 0 Å². The molecule has 0 unspecified atom stereocenters. The minimum atomic E-state index is 0.175. The first-order valence-electron chi connectivity index (χ1n) is 6.47. The largest absolute Gasteiger partial charge is 0.354 e. The van der Waals surface area contributed by atoms with Gasteiger partial charge in [-0.05, 0) is 36.4 Å². The summed E-state index contributed by atoms with van der Waals surface area (Å²) in [4.78, 5) is 12.5. The van der Waals surface area contributed by atoms with Gasteiger partial charge in [-0.25, -0.2) is 4.68 Å². The summed E-state index contributed by atoms with van der Waals surface area (Å²) in [5, 5.41) is 7.50. The Morgan fingerprint density at radius 3 is 2.84 bits per heavy atom. The van der Waals surface area contributed by atoms with Crippen molar-refractivity contribution < 1.29 is 0 Å². The molecule has 3 rings (SSSR count). The molecule has 2 aromatic rings. The Balaban J connectivity index is 1.74. The Kier molecular flexibility index (Phi) is 3.59. The van der Waals surface area contributed by atoms with Gasteiger partial charge in [0.05, 0.1) is 0 Å². The average molecular weight is 279 g/mol. The molecule has 19 heavy (non-hydrogen) atoms. The highest BCUT2D eigenvalue weighted by Gasteiger charge is 2.15. The fourth-order valence-electron chi connectivity index (χ4n) is 2.36. The van der Waals surface area contributed by atoms with E-state index in [1.165, 1.54) is 25.7 Å². The predicted octanol–water partition coefficient (Wildman–Crippen LogP) is 2.31. The minimum absolute atomic E-state index is 0.175. The molecule has 1 aliphatic rings. The topological polar surface area (TPSA) is 68.5 Å². The van der Waals surface area contributed by atoms with Gasteiger partial charge in [0.25, 0.3) is 5.95 Å². The number of rotatable bonds is 4. The van der Waals surface area contributed by atoms with Crippen molar-refractivity contribution in [1.82, 2.24) is 24.7 Å². The highest BCUT2D eigenvalue weighted by atomic mass is 35.5. The van der Waals surface area contributed by atoms with Crippen molar-refractivity contribution in [1.29, 1.82) is 0 Å². The van der Waals surface area contributed by atoms with Gasteiger partial charge in [0.2, 0.25) is 11.2 Å². The van der Waals surface area contributed by atoms with E-state index >= 15 is 0 Å². The number of hydrogen-bond acceptors (Lipinski definition) is 5. The van der Waals surface area contributed by atoms with Crippen LogP contribution in [-0.4, -0.2) is 31.3 Å². The van der Waals surface area contributed by atoms with Gasteiger partial charge in [-0.3, -0.25) is 0 Å². The van der Waals surface area contributed by atoms with E-state index in [1.807, 2.05) is 6.07 Å². The Labute approximate surface area is 116 Å². The number of nitrogens with one attached hydrogen (secondary N) is 1. The van der Waals surface area contributed by atoms with Gasteiger partial charge in [-0.2, -0.15) is 20.1 Å². The van der Waals surface area contributed by atoms with E-state index in [0.29, 0.717) is 17.8 Å². The van der Waals surface area contributed by atoms with Crippen molar-refractivity contribution in [2.45, 2.75) is 25.7 Å². The van der Waals surface area contributed by atoms with E-state index in [-0.39, 0.29) is 5.28 Å². The fraction of sp³-hybridized carbons (Fsp3) is 0.500. The predicted molar refractivity (Wildman–Crippen MR) is 72.4 cm³/mol. The Hall–Kier alpha value is -1.69. The first-order chi connectivity index (χ1) is 9.31. The number of anilines is 1. The fourth-order valence-corrected chi connectivity index (χ4v) is 2.51. The molecule has 0 saturated heterocycles. The second kappa shape index (κ2) is 5.52. The van der Waals surface area contributed by atoms with Crippen LogP contribution >= 0.6 is 11.6 Å². The third-order valence-corrected chi connectivity index (χ3v) is 3.50. The zero-order chi connectivity index (χ0) is 13.1. The van der Waals surface area contributed by atoms with Crippen LogP contribution in [0.3, 0.4) is 0 Å². The monoisotopic (exact) mass is 278 g/mol. The van der Waals surface area contributed by atoms with Crippen molar-refractivity contribution in [2.24, 2.45) is 5.92 Å². The van der Waals surface area contributed by atoms with E-state index in [2.05, 4.69) is 25.4 Å². The number of halogens is 1. The summed E-state index contributed by atoms with van der Waals surface area (Å²) >= 11 is 5.92. The Morgan fingerprint density at radius 1 is 1.26 bits per heavy atom. The summed E-state index contributed by atoms with van der Waals surface area (Å²) < 4.78 is 1.56. The molecule has 1 aliphatic carbocycles. The summed E-state index contributed by atoms with van der Waals surface area (Å²) in [5.41, 5.74) is 0. The highest BCUT2D eigenvalue weighted by Crippen LogP contribution is 2.24. The summed E-state index contributed by atoms with van der Waals surface area (Å²) in [6, 6.07) is 1.81. The molecule has 0 spiro atoms. The molecule has 1 N–H and O–H groups in total. The van der Waals surface area contributed by atoms with Crippen molar-refractivity contribution in [3.63, 3.8) is 0 Å². The van der Waals surface area contributed by atoms with Crippen LogP contribution in [0.15, 0.2) is 18.5 Å². The molecule has 1 saturated carbocycles. The summed E-state index contributed by atoms with van der Waals surface area (Å²) in [5.74, 6) is 1.65. The minimum Gasteiger partial charge on any atom is -0.354 e. The van der Waals surface area contributed by atoms with Gasteiger partial charge in [0.1, 0.15) is 0 Å². The SMILES string of the molecule is Clc1nc(NCC2CCCC2)nc(-n2cccn2)n1. The molecule has 0 amide bonds. The van der Waals surface area contributed by atoms with Gasteiger partial charge >= 0.3 is 0 Å². The van der Waals surface area contributed by atoms with Crippen LogP contribution in [0.5, 0.6) is 0 Å². The quantitative estimate of drug-likeness (QED) is 0.929. The third-order valence-electron chi connectivity index (χ3n) is 3.33.